The number of para-hydroxylation sites is 1. The Morgan fingerprint density at radius 2 is 1.52 bits per heavy atom. The van der Waals surface area contributed by atoms with E-state index in [9.17, 15) is 14.9 Å². The Hall–Kier alpha value is -2.80. The summed E-state index contributed by atoms with van der Waals surface area (Å²) in [5.74, 6) is -0.484. The number of thiocarbonyl (C=S) groups is 1. The van der Waals surface area contributed by atoms with Crippen molar-refractivity contribution < 1.29 is 9.72 Å². The molecule has 7 heteroatoms. The smallest absolute Gasteiger partial charge is 0.283 e. The third kappa shape index (κ3) is 4.08. The number of benzene rings is 2. The number of amides is 1. The molecule has 6 nitrogen and oxygen atoms in total. The molecule has 1 amide bonds. The molecule has 0 aromatic heterocycles. The Balaban J connectivity index is 1.97. The Kier molecular flexibility index (Phi) is 4.57. The lowest BCUT2D eigenvalue weighted by atomic mass is 10.3. The average Bonchev–Trinajstić information content (AvgIpc) is 2.48. The summed E-state index contributed by atoms with van der Waals surface area (Å²) in [5.41, 5.74) is 1.10. The highest BCUT2D eigenvalue weighted by Gasteiger charge is 2.11. The van der Waals surface area contributed by atoms with Crippen LogP contribution in [0.5, 0.6) is 0 Å². The Morgan fingerprint density at radius 3 is 2.10 bits per heavy atom. The molecule has 0 saturated heterocycles. The molecule has 2 rings (SSSR count). The van der Waals surface area contributed by atoms with E-state index >= 15 is 0 Å². The summed E-state index contributed by atoms with van der Waals surface area (Å²) in [6.45, 7) is 0. The van der Waals surface area contributed by atoms with Crippen LogP contribution in [0.2, 0.25) is 0 Å². The van der Waals surface area contributed by atoms with Gasteiger partial charge in [0.05, 0.1) is 4.92 Å². The minimum atomic E-state index is -0.507. The van der Waals surface area contributed by atoms with Crippen molar-refractivity contribution in [1.82, 2.24) is 0 Å². The SMILES string of the molecule is O=C(Nc1ccc([N+](=O)[O-])cc1)C(=S)Nc1ccccc1. The van der Waals surface area contributed by atoms with E-state index in [4.69, 9.17) is 12.2 Å². The first-order valence-electron chi connectivity index (χ1n) is 5.98. The van der Waals surface area contributed by atoms with Gasteiger partial charge in [0.15, 0.2) is 4.99 Å². The minimum absolute atomic E-state index is 0.0135. The van der Waals surface area contributed by atoms with Crippen LogP contribution < -0.4 is 10.6 Å². The van der Waals surface area contributed by atoms with Crippen LogP contribution in [-0.4, -0.2) is 15.8 Å². The second-order valence-electron chi connectivity index (χ2n) is 4.08. The highest BCUT2D eigenvalue weighted by atomic mass is 32.1. The van der Waals surface area contributed by atoms with Gasteiger partial charge in [0.2, 0.25) is 0 Å². The zero-order valence-electron chi connectivity index (χ0n) is 10.8. The zero-order valence-corrected chi connectivity index (χ0v) is 11.6. The molecule has 0 unspecified atom stereocenters. The topological polar surface area (TPSA) is 84.3 Å². The predicted molar refractivity (Wildman–Crippen MR) is 84.4 cm³/mol. The van der Waals surface area contributed by atoms with Crippen molar-refractivity contribution in [2.24, 2.45) is 0 Å². The van der Waals surface area contributed by atoms with E-state index in [0.29, 0.717) is 11.4 Å². The highest BCUT2D eigenvalue weighted by Crippen LogP contribution is 2.15. The molecule has 0 aliphatic rings. The molecule has 106 valence electrons. The molecule has 0 atom stereocenters. The van der Waals surface area contributed by atoms with Crippen LogP contribution in [0.1, 0.15) is 0 Å². The van der Waals surface area contributed by atoms with Gasteiger partial charge in [0.1, 0.15) is 0 Å². The number of carbonyl (C=O) groups is 1. The number of rotatable bonds is 3. The van der Waals surface area contributed by atoms with Crippen LogP contribution in [0.25, 0.3) is 0 Å². The molecule has 0 fully saturated rings. The predicted octanol–water partition coefficient (Wildman–Crippen LogP) is 2.97. The number of nitro benzene ring substituents is 1. The summed E-state index contributed by atoms with van der Waals surface area (Å²) >= 11 is 4.99. The number of hydrogen-bond acceptors (Lipinski definition) is 4. The number of anilines is 2. The van der Waals surface area contributed by atoms with Crippen molar-refractivity contribution in [2.45, 2.75) is 0 Å². The van der Waals surface area contributed by atoms with Crippen molar-refractivity contribution in [3.05, 3.63) is 64.7 Å². The lowest BCUT2D eigenvalue weighted by Gasteiger charge is -2.08. The van der Waals surface area contributed by atoms with E-state index in [2.05, 4.69) is 10.6 Å². The van der Waals surface area contributed by atoms with Crippen molar-refractivity contribution >= 4 is 40.2 Å². The van der Waals surface area contributed by atoms with Crippen LogP contribution in [0.15, 0.2) is 54.6 Å². The van der Waals surface area contributed by atoms with Gasteiger partial charge in [0, 0.05) is 23.5 Å². The van der Waals surface area contributed by atoms with Gasteiger partial charge in [-0.3, -0.25) is 14.9 Å². The molecular weight excluding hydrogens is 290 g/mol. The van der Waals surface area contributed by atoms with E-state index < -0.39 is 10.8 Å². The molecule has 0 spiro atoms. The molecule has 0 aliphatic heterocycles. The van der Waals surface area contributed by atoms with E-state index in [1.807, 2.05) is 18.2 Å². The fraction of sp³-hybridized carbons (Fsp3) is 0. The van der Waals surface area contributed by atoms with E-state index in [1.54, 1.807) is 12.1 Å². The summed E-state index contributed by atoms with van der Waals surface area (Å²) in [7, 11) is 0. The molecule has 2 N–H and O–H groups in total. The first-order valence-corrected chi connectivity index (χ1v) is 6.39. The van der Waals surface area contributed by atoms with Gasteiger partial charge < -0.3 is 10.6 Å². The second kappa shape index (κ2) is 6.58. The van der Waals surface area contributed by atoms with Gasteiger partial charge in [-0.15, -0.1) is 0 Å². The highest BCUT2D eigenvalue weighted by molar-refractivity contribution is 7.82. The van der Waals surface area contributed by atoms with Gasteiger partial charge in [-0.2, -0.15) is 0 Å². The molecule has 0 radical (unpaired) electrons. The van der Waals surface area contributed by atoms with Crippen molar-refractivity contribution in [3.8, 4) is 0 Å². The maximum Gasteiger partial charge on any atom is 0.283 e. The van der Waals surface area contributed by atoms with Gasteiger partial charge in [-0.1, -0.05) is 30.4 Å². The Labute approximate surface area is 125 Å². The van der Waals surface area contributed by atoms with Crippen molar-refractivity contribution in [3.63, 3.8) is 0 Å². The standard InChI is InChI=1S/C14H11N3O3S/c18-13(14(21)16-10-4-2-1-3-5-10)15-11-6-8-12(9-7-11)17(19)20/h1-9H,(H,15,18)(H,16,21). The van der Waals surface area contributed by atoms with E-state index in [1.165, 1.54) is 24.3 Å². The first-order chi connectivity index (χ1) is 10.1. The number of carbonyl (C=O) groups excluding carboxylic acids is 1. The number of nitrogens with zero attached hydrogens (tertiary/aromatic N) is 1. The molecule has 0 bridgehead atoms. The normalized spacial score (nSPS) is 9.71. The number of nitrogens with one attached hydrogen (secondary N) is 2. The molecule has 2 aromatic rings. The second-order valence-corrected chi connectivity index (χ2v) is 4.49. The monoisotopic (exact) mass is 301 g/mol. The number of non-ortho nitro benzene ring substituents is 1. The maximum atomic E-state index is 11.9. The number of hydrogen-bond donors (Lipinski definition) is 2. The Morgan fingerprint density at radius 1 is 0.952 bits per heavy atom. The van der Waals surface area contributed by atoms with Crippen LogP contribution in [-0.2, 0) is 4.79 Å². The third-order valence-corrected chi connectivity index (χ3v) is 2.86. The molecule has 21 heavy (non-hydrogen) atoms. The van der Waals surface area contributed by atoms with Crippen LogP contribution in [0, 0.1) is 10.1 Å². The zero-order chi connectivity index (χ0) is 15.2. The van der Waals surface area contributed by atoms with Gasteiger partial charge in [-0.25, -0.2) is 0 Å². The maximum absolute atomic E-state index is 11.9. The lowest BCUT2D eigenvalue weighted by molar-refractivity contribution is -0.384. The average molecular weight is 301 g/mol. The first kappa shape index (κ1) is 14.6. The van der Waals surface area contributed by atoms with E-state index in [0.717, 1.165) is 0 Å². The molecule has 2 aromatic carbocycles. The van der Waals surface area contributed by atoms with Crippen molar-refractivity contribution in [2.75, 3.05) is 10.6 Å². The van der Waals surface area contributed by atoms with Gasteiger partial charge in [0.25, 0.3) is 11.6 Å². The van der Waals surface area contributed by atoms with E-state index in [-0.39, 0.29) is 10.7 Å². The van der Waals surface area contributed by atoms with Gasteiger partial charge in [-0.05, 0) is 24.3 Å². The molecule has 0 aliphatic carbocycles. The number of nitro groups is 1. The lowest BCUT2D eigenvalue weighted by Crippen LogP contribution is -2.27. The van der Waals surface area contributed by atoms with Gasteiger partial charge >= 0.3 is 0 Å². The van der Waals surface area contributed by atoms with Crippen molar-refractivity contribution in [1.29, 1.82) is 0 Å². The van der Waals surface area contributed by atoms with Crippen LogP contribution in [0.3, 0.4) is 0 Å². The fourth-order valence-corrected chi connectivity index (χ4v) is 1.73. The fourth-order valence-electron chi connectivity index (χ4n) is 1.56. The molecule has 0 saturated carbocycles. The largest absolute Gasteiger partial charge is 0.342 e. The summed E-state index contributed by atoms with van der Waals surface area (Å²) in [6.07, 6.45) is 0. The van der Waals surface area contributed by atoms with Crippen LogP contribution >= 0.6 is 12.2 Å². The Bertz CT molecular complexity index is 672. The van der Waals surface area contributed by atoms with Crippen LogP contribution in [0.4, 0.5) is 17.1 Å². The molecular formula is C14H11N3O3S. The molecule has 0 heterocycles. The summed E-state index contributed by atoms with van der Waals surface area (Å²) < 4.78 is 0. The summed E-state index contributed by atoms with van der Waals surface area (Å²) in [6, 6.07) is 14.6. The minimum Gasteiger partial charge on any atom is -0.342 e. The quantitative estimate of drug-likeness (QED) is 0.517. The third-order valence-electron chi connectivity index (χ3n) is 2.57. The summed E-state index contributed by atoms with van der Waals surface area (Å²) in [4.78, 5) is 21.9. The summed E-state index contributed by atoms with van der Waals surface area (Å²) in [5, 5.41) is 15.9.